The van der Waals surface area contributed by atoms with Crippen molar-refractivity contribution in [3.8, 4) is 0 Å². The van der Waals surface area contributed by atoms with Crippen molar-refractivity contribution in [1.82, 2.24) is 20.4 Å². The van der Waals surface area contributed by atoms with E-state index in [1.165, 1.54) is 0 Å². The number of halogens is 1. The van der Waals surface area contributed by atoms with Crippen molar-refractivity contribution in [2.45, 2.75) is 18.9 Å². The first-order valence-corrected chi connectivity index (χ1v) is 13.9. The number of hydrogen-bond donors (Lipinski definition) is 3. The summed E-state index contributed by atoms with van der Waals surface area (Å²) in [4.78, 5) is 53.0. The van der Waals surface area contributed by atoms with Crippen LogP contribution in [0.15, 0.2) is 18.2 Å². The molecule has 1 aromatic rings. The maximum absolute atomic E-state index is 13.1. The fourth-order valence-corrected chi connectivity index (χ4v) is 4.81. The highest BCUT2D eigenvalue weighted by Gasteiger charge is 2.45. The molecule has 0 spiro atoms. The molecule has 3 heterocycles. The quantitative estimate of drug-likeness (QED) is 0.163. The van der Waals surface area contributed by atoms with E-state index in [1.807, 2.05) is 0 Å². The molecule has 0 radical (unpaired) electrons. The Balaban J connectivity index is 0.00000462. The number of amides is 4. The first-order chi connectivity index (χ1) is 19.6. The molecule has 3 aliphatic heterocycles. The number of hydrogen-bond acceptors (Lipinski definition) is 11. The normalized spacial score (nSPS) is 19.2. The second-order valence-electron chi connectivity index (χ2n) is 9.64. The summed E-state index contributed by atoms with van der Waals surface area (Å²) in [6, 6.07) is 3.95. The Labute approximate surface area is 246 Å². The number of nitrogens with zero attached hydrogens (tertiary/aromatic N) is 2. The standard InChI is InChI=1S/C27H39N5O8.ClH/c33-23-5-4-22(25(34)30-23)32-26(35)20-2-1-3-21(24(20)27(32)36)29-8-12-37-14-16-39-18-19-40-17-15-38-13-11-31-9-6-28-7-10-31;/h1-3,22,28-29H,4-19H2,(H,30,33,34);1H. The number of piperidine rings is 1. The predicted molar refractivity (Wildman–Crippen MR) is 151 cm³/mol. The van der Waals surface area contributed by atoms with Crippen LogP contribution >= 0.6 is 12.4 Å². The first kappa shape index (κ1) is 32.9. The number of anilines is 1. The SMILES string of the molecule is Cl.O=C1CCC(N2C(=O)c3cccc(NCCOCCOCCOCCOCCN4CCNCC4)c3C2=O)C(=O)N1. The van der Waals surface area contributed by atoms with Crippen LogP contribution in [0, 0.1) is 0 Å². The Hall–Kier alpha value is -2.65. The zero-order valence-corrected chi connectivity index (χ0v) is 24.0. The minimum atomic E-state index is -0.993. The van der Waals surface area contributed by atoms with Gasteiger partial charge in [0.1, 0.15) is 6.04 Å². The minimum absolute atomic E-state index is 0. The van der Waals surface area contributed by atoms with Crippen LogP contribution in [0.3, 0.4) is 0 Å². The lowest BCUT2D eigenvalue weighted by molar-refractivity contribution is -0.136. The molecule has 0 bridgehead atoms. The zero-order valence-electron chi connectivity index (χ0n) is 23.2. The maximum atomic E-state index is 13.1. The highest BCUT2D eigenvalue weighted by atomic mass is 35.5. The minimum Gasteiger partial charge on any atom is -0.382 e. The molecule has 0 aromatic heterocycles. The van der Waals surface area contributed by atoms with Gasteiger partial charge in [-0.05, 0) is 18.6 Å². The molecule has 2 fully saturated rings. The second kappa shape index (κ2) is 17.3. The van der Waals surface area contributed by atoms with Crippen molar-refractivity contribution >= 4 is 41.7 Å². The Kier molecular flexibility index (Phi) is 13.9. The van der Waals surface area contributed by atoms with Crippen LogP contribution in [-0.2, 0) is 28.5 Å². The first-order valence-electron chi connectivity index (χ1n) is 13.9. The lowest BCUT2D eigenvalue weighted by Gasteiger charge is -2.27. The Morgan fingerprint density at radius 1 is 0.829 bits per heavy atom. The highest BCUT2D eigenvalue weighted by Crippen LogP contribution is 2.32. The molecule has 4 rings (SSSR count). The third kappa shape index (κ3) is 9.43. The van der Waals surface area contributed by atoms with Crippen molar-refractivity contribution in [1.29, 1.82) is 0 Å². The average molecular weight is 598 g/mol. The summed E-state index contributed by atoms with van der Waals surface area (Å²) >= 11 is 0. The number of nitrogens with one attached hydrogen (secondary N) is 3. The summed E-state index contributed by atoms with van der Waals surface area (Å²) < 4.78 is 22.2. The number of rotatable bonds is 17. The largest absolute Gasteiger partial charge is 0.382 e. The summed E-state index contributed by atoms with van der Waals surface area (Å²) in [5, 5.41) is 8.67. The smallest absolute Gasteiger partial charge is 0.264 e. The zero-order chi connectivity index (χ0) is 28.2. The van der Waals surface area contributed by atoms with Gasteiger partial charge < -0.3 is 29.6 Å². The number of benzene rings is 1. The molecule has 3 N–H and O–H groups in total. The van der Waals surface area contributed by atoms with E-state index in [2.05, 4.69) is 20.9 Å². The van der Waals surface area contributed by atoms with Gasteiger partial charge in [0.25, 0.3) is 11.8 Å². The summed E-state index contributed by atoms with van der Waals surface area (Å²) in [5.74, 6) is -2.12. The topological polar surface area (TPSA) is 148 Å². The predicted octanol–water partition coefficient (Wildman–Crippen LogP) is -0.107. The number of carbonyl (C=O) groups excluding carboxylic acids is 4. The molecule has 2 saturated heterocycles. The Morgan fingerprint density at radius 2 is 1.46 bits per heavy atom. The molecule has 228 valence electrons. The van der Waals surface area contributed by atoms with E-state index < -0.39 is 29.7 Å². The molecule has 41 heavy (non-hydrogen) atoms. The molecule has 1 aromatic carbocycles. The summed E-state index contributed by atoms with van der Waals surface area (Å²) in [6.07, 6.45) is 0.197. The van der Waals surface area contributed by atoms with E-state index in [4.69, 9.17) is 18.9 Å². The van der Waals surface area contributed by atoms with E-state index in [-0.39, 0.29) is 36.4 Å². The van der Waals surface area contributed by atoms with Gasteiger partial charge in [-0.15, -0.1) is 12.4 Å². The Bertz CT molecular complexity index is 1040. The van der Waals surface area contributed by atoms with Crippen molar-refractivity contribution in [2.75, 3.05) is 97.4 Å². The molecular formula is C27H40ClN5O8. The van der Waals surface area contributed by atoms with Gasteiger partial charge in [-0.25, -0.2) is 0 Å². The molecule has 14 heteroatoms. The van der Waals surface area contributed by atoms with Crippen LogP contribution in [0.1, 0.15) is 33.6 Å². The average Bonchev–Trinajstić information content (AvgIpc) is 3.21. The van der Waals surface area contributed by atoms with E-state index >= 15 is 0 Å². The summed E-state index contributed by atoms with van der Waals surface area (Å²) in [6.45, 7) is 9.58. The number of fused-ring (bicyclic) bond motifs is 1. The van der Waals surface area contributed by atoms with Crippen LogP contribution in [0.25, 0.3) is 0 Å². The van der Waals surface area contributed by atoms with Crippen molar-refractivity contribution in [3.63, 3.8) is 0 Å². The molecule has 4 amide bonds. The van der Waals surface area contributed by atoms with Crippen molar-refractivity contribution in [3.05, 3.63) is 29.3 Å². The monoisotopic (exact) mass is 597 g/mol. The van der Waals surface area contributed by atoms with Crippen molar-refractivity contribution in [2.24, 2.45) is 0 Å². The molecule has 3 aliphatic rings. The van der Waals surface area contributed by atoms with E-state index in [0.717, 1.165) is 37.6 Å². The third-order valence-corrected chi connectivity index (χ3v) is 6.91. The van der Waals surface area contributed by atoms with Crippen LogP contribution in [-0.4, -0.2) is 132 Å². The van der Waals surface area contributed by atoms with Gasteiger partial charge in [0, 0.05) is 51.4 Å². The fraction of sp³-hybridized carbons (Fsp3) is 0.630. The summed E-state index contributed by atoms with van der Waals surface area (Å²) in [5.41, 5.74) is 0.957. The maximum Gasteiger partial charge on any atom is 0.264 e. The number of carbonyl (C=O) groups is 4. The van der Waals surface area contributed by atoms with E-state index in [9.17, 15) is 19.2 Å². The lowest BCUT2D eigenvalue weighted by Crippen LogP contribution is -2.54. The van der Waals surface area contributed by atoms with Gasteiger partial charge in [0.2, 0.25) is 11.8 Å². The number of ether oxygens (including phenoxy) is 4. The second-order valence-corrected chi connectivity index (χ2v) is 9.64. The van der Waals surface area contributed by atoms with Crippen LogP contribution in [0.2, 0.25) is 0 Å². The van der Waals surface area contributed by atoms with Gasteiger partial charge in [-0.2, -0.15) is 0 Å². The van der Waals surface area contributed by atoms with Crippen molar-refractivity contribution < 1.29 is 38.1 Å². The van der Waals surface area contributed by atoms with E-state index in [1.54, 1.807) is 18.2 Å². The lowest BCUT2D eigenvalue weighted by atomic mass is 10.0. The van der Waals surface area contributed by atoms with Gasteiger partial charge >= 0.3 is 0 Å². The van der Waals surface area contributed by atoms with E-state index in [0.29, 0.717) is 65.1 Å². The molecular weight excluding hydrogens is 558 g/mol. The Morgan fingerprint density at radius 3 is 2.12 bits per heavy atom. The molecule has 1 atom stereocenters. The van der Waals surface area contributed by atoms with Gasteiger partial charge in [0.05, 0.1) is 64.0 Å². The fourth-order valence-electron chi connectivity index (χ4n) is 4.81. The highest BCUT2D eigenvalue weighted by molar-refractivity contribution is 6.25. The summed E-state index contributed by atoms with van der Waals surface area (Å²) in [7, 11) is 0. The number of piperazine rings is 1. The van der Waals surface area contributed by atoms with Crippen LogP contribution < -0.4 is 16.0 Å². The molecule has 13 nitrogen and oxygen atoms in total. The van der Waals surface area contributed by atoms with Crippen LogP contribution in [0.5, 0.6) is 0 Å². The third-order valence-electron chi connectivity index (χ3n) is 6.91. The molecule has 1 unspecified atom stereocenters. The van der Waals surface area contributed by atoms with Gasteiger partial charge in [-0.3, -0.25) is 34.3 Å². The number of imide groups is 2. The molecule has 0 aliphatic carbocycles. The van der Waals surface area contributed by atoms with Gasteiger partial charge in [-0.1, -0.05) is 6.07 Å². The van der Waals surface area contributed by atoms with Crippen LogP contribution in [0.4, 0.5) is 5.69 Å². The molecule has 0 saturated carbocycles. The van der Waals surface area contributed by atoms with Gasteiger partial charge in [0.15, 0.2) is 0 Å².